The third kappa shape index (κ3) is 1.70. The van der Waals surface area contributed by atoms with Crippen LogP contribution in [0.3, 0.4) is 0 Å². The van der Waals surface area contributed by atoms with Crippen molar-refractivity contribution in [2.75, 3.05) is 0 Å². The fourth-order valence-electron chi connectivity index (χ4n) is 1.82. The summed E-state index contributed by atoms with van der Waals surface area (Å²) >= 11 is 18.1. The van der Waals surface area contributed by atoms with Crippen LogP contribution in [-0.4, -0.2) is 9.67 Å². The van der Waals surface area contributed by atoms with Crippen LogP contribution in [0.1, 0.15) is 18.6 Å². The number of aliphatic hydroxyl groups excluding tert-OH is 1. The van der Waals surface area contributed by atoms with E-state index in [9.17, 15) is 5.11 Å². The van der Waals surface area contributed by atoms with Gasteiger partial charge in [-0.3, -0.25) is 0 Å². The lowest BCUT2D eigenvalue weighted by molar-refractivity contribution is 0.201. The molecule has 0 amide bonds. The molecule has 0 saturated heterocycles. The molecule has 0 aliphatic carbocycles. The molecule has 2 aromatic rings. The molecule has 2 nitrogen and oxygen atoms in total. The Kier molecular flexibility index (Phi) is 3.10. The summed E-state index contributed by atoms with van der Waals surface area (Å²) in [7, 11) is 1.82. The van der Waals surface area contributed by atoms with E-state index in [1.165, 1.54) is 0 Å². The Morgan fingerprint density at radius 2 is 1.75 bits per heavy atom. The Balaban J connectivity index is 2.91. The van der Waals surface area contributed by atoms with Gasteiger partial charge in [0.05, 0.1) is 21.7 Å². The second kappa shape index (κ2) is 4.11. The van der Waals surface area contributed by atoms with Gasteiger partial charge in [0.25, 0.3) is 0 Å². The standard InChI is InChI=1S/C11H10Cl3NO/c1-5(16)10-6-3-7(12)8(13)4-9(6)15(2)11(10)14/h3-5,16H,1-2H3. The number of aliphatic hydroxyl groups is 1. The Labute approximate surface area is 108 Å². The van der Waals surface area contributed by atoms with Crippen LogP contribution in [0.5, 0.6) is 0 Å². The smallest absolute Gasteiger partial charge is 0.115 e. The van der Waals surface area contributed by atoms with Crippen LogP contribution >= 0.6 is 34.8 Å². The Bertz CT molecular complexity index is 560. The number of aromatic nitrogens is 1. The second-order valence-corrected chi connectivity index (χ2v) is 4.90. The van der Waals surface area contributed by atoms with Gasteiger partial charge in [-0.15, -0.1) is 0 Å². The minimum absolute atomic E-state index is 0.457. The minimum Gasteiger partial charge on any atom is -0.389 e. The molecule has 0 bridgehead atoms. The number of hydrogen-bond acceptors (Lipinski definition) is 1. The minimum atomic E-state index is -0.645. The van der Waals surface area contributed by atoms with Crippen LogP contribution in [0.4, 0.5) is 0 Å². The first kappa shape index (κ1) is 12.1. The van der Waals surface area contributed by atoms with Crippen LogP contribution in [0.15, 0.2) is 12.1 Å². The highest BCUT2D eigenvalue weighted by atomic mass is 35.5. The van der Waals surface area contributed by atoms with Crippen molar-refractivity contribution in [3.63, 3.8) is 0 Å². The Morgan fingerprint density at radius 3 is 2.31 bits per heavy atom. The molecule has 1 N–H and O–H groups in total. The molecule has 1 atom stereocenters. The Morgan fingerprint density at radius 1 is 1.19 bits per heavy atom. The summed E-state index contributed by atoms with van der Waals surface area (Å²) in [6.45, 7) is 1.67. The van der Waals surface area contributed by atoms with Crippen molar-refractivity contribution < 1.29 is 5.11 Å². The largest absolute Gasteiger partial charge is 0.389 e. The molecule has 0 spiro atoms. The van der Waals surface area contributed by atoms with Gasteiger partial charge in [-0.25, -0.2) is 0 Å². The summed E-state index contributed by atoms with van der Waals surface area (Å²) in [4.78, 5) is 0. The van der Waals surface area contributed by atoms with Crippen molar-refractivity contribution in [3.05, 3.63) is 32.9 Å². The van der Waals surface area contributed by atoms with E-state index in [0.717, 1.165) is 10.9 Å². The molecular formula is C11H10Cl3NO. The summed E-state index contributed by atoms with van der Waals surface area (Å²) in [6.07, 6.45) is -0.645. The Hall–Kier alpha value is -0.410. The molecule has 16 heavy (non-hydrogen) atoms. The van der Waals surface area contributed by atoms with Gasteiger partial charge >= 0.3 is 0 Å². The van der Waals surface area contributed by atoms with Gasteiger partial charge in [-0.05, 0) is 19.1 Å². The van der Waals surface area contributed by atoms with E-state index in [1.807, 2.05) is 7.05 Å². The molecule has 0 aliphatic rings. The highest BCUT2D eigenvalue weighted by Crippen LogP contribution is 2.37. The highest BCUT2D eigenvalue weighted by Gasteiger charge is 2.18. The predicted molar refractivity (Wildman–Crippen MR) is 68.6 cm³/mol. The summed E-state index contributed by atoms with van der Waals surface area (Å²) in [5.74, 6) is 0. The lowest BCUT2D eigenvalue weighted by Gasteiger charge is -2.03. The van der Waals surface area contributed by atoms with Crippen molar-refractivity contribution in [2.24, 2.45) is 7.05 Å². The van der Waals surface area contributed by atoms with Crippen molar-refractivity contribution >= 4 is 45.7 Å². The summed E-state index contributed by atoms with van der Waals surface area (Å²) in [5.41, 5.74) is 1.54. The normalized spacial score (nSPS) is 13.4. The van der Waals surface area contributed by atoms with E-state index in [0.29, 0.717) is 20.8 Å². The maximum absolute atomic E-state index is 9.70. The third-order valence-electron chi connectivity index (χ3n) is 2.62. The molecule has 1 heterocycles. The van der Waals surface area contributed by atoms with Crippen LogP contribution in [0, 0.1) is 0 Å². The molecule has 2 rings (SSSR count). The van der Waals surface area contributed by atoms with Crippen LogP contribution in [0.25, 0.3) is 10.9 Å². The first-order valence-corrected chi connectivity index (χ1v) is 5.87. The summed E-state index contributed by atoms with van der Waals surface area (Å²) < 4.78 is 1.78. The first-order valence-electron chi connectivity index (χ1n) is 4.74. The number of rotatable bonds is 1. The van der Waals surface area contributed by atoms with Crippen molar-refractivity contribution in [3.8, 4) is 0 Å². The van der Waals surface area contributed by atoms with Crippen molar-refractivity contribution in [2.45, 2.75) is 13.0 Å². The van der Waals surface area contributed by atoms with Crippen LogP contribution in [-0.2, 0) is 7.05 Å². The molecule has 1 aromatic carbocycles. The van der Waals surface area contributed by atoms with Gasteiger partial charge in [0.2, 0.25) is 0 Å². The molecule has 1 unspecified atom stereocenters. The molecular weight excluding hydrogens is 268 g/mol. The lowest BCUT2D eigenvalue weighted by atomic mass is 10.1. The zero-order valence-electron chi connectivity index (χ0n) is 8.76. The van der Waals surface area contributed by atoms with Crippen LogP contribution < -0.4 is 0 Å². The average molecular weight is 279 g/mol. The van der Waals surface area contributed by atoms with Gasteiger partial charge in [0.1, 0.15) is 5.15 Å². The van der Waals surface area contributed by atoms with E-state index in [4.69, 9.17) is 34.8 Å². The van der Waals surface area contributed by atoms with E-state index >= 15 is 0 Å². The monoisotopic (exact) mass is 277 g/mol. The molecule has 0 fully saturated rings. The number of fused-ring (bicyclic) bond motifs is 1. The number of nitrogens with zero attached hydrogens (tertiary/aromatic N) is 1. The molecule has 86 valence electrons. The zero-order chi connectivity index (χ0) is 12.0. The van der Waals surface area contributed by atoms with Gasteiger partial charge < -0.3 is 9.67 Å². The number of hydrogen-bond donors (Lipinski definition) is 1. The van der Waals surface area contributed by atoms with Gasteiger partial charge in [0.15, 0.2) is 0 Å². The van der Waals surface area contributed by atoms with E-state index in [-0.39, 0.29) is 0 Å². The summed E-state index contributed by atoms with van der Waals surface area (Å²) in [5, 5.41) is 12.0. The van der Waals surface area contributed by atoms with Gasteiger partial charge in [0, 0.05) is 18.0 Å². The first-order chi connectivity index (χ1) is 7.43. The maximum atomic E-state index is 9.70. The summed E-state index contributed by atoms with van der Waals surface area (Å²) in [6, 6.07) is 3.48. The fourth-order valence-corrected chi connectivity index (χ4v) is 2.50. The number of benzene rings is 1. The van der Waals surface area contributed by atoms with E-state index in [1.54, 1.807) is 23.6 Å². The highest BCUT2D eigenvalue weighted by molar-refractivity contribution is 6.43. The van der Waals surface area contributed by atoms with Crippen molar-refractivity contribution in [1.82, 2.24) is 4.57 Å². The number of aryl methyl sites for hydroxylation is 1. The van der Waals surface area contributed by atoms with E-state index in [2.05, 4.69) is 0 Å². The predicted octanol–water partition coefficient (Wildman–Crippen LogP) is 4.19. The molecule has 0 aliphatic heterocycles. The van der Waals surface area contributed by atoms with Crippen LogP contribution in [0.2, 0.25) is 15.2 Å². The lowest BCUT2D eigenvalue weighted by Crippen LogP contribution is -1.91. The zero-order valence-corrected chi connectivity index (χ0v) is 11.0. The third-order valence-corrected chi connectivity index (χ3v) is 3.80. The maximum Gasteiger partial charge on any atom is 0.115 e. The van der Waals surface area contributed by atoms with Crippen molar-refractivity contribution in [1.29, 1.82) is 0 Å². The quantitative estimate of drug-likeness (QED) is 0.831. The van der Waals surface area contributed by atoms with Gasteiger partial charge in [-0.1, -0.05) is 34.8 Å². The average Bonchev–Trinajstić information content (AvgIpc) is 2.42. The van der Waals surface area contributed by atoms with Gasteiger partial charge in [-0.2, -0.15) is 0 Å². The molecule has 5 heteroatoms. The molecule has 1 aromatic heterocycles. The SMILES string of the molecule is CC(O)c1c(Cl)n(C)c2cc(Cl)c(Cl)cc12. The second-order valence-electron chi connectivity index (χ2n) is 3.72. The van der Waals surface area contributed by atoms with E-state index < -0.39 is 6.10 Å². The molecule has 0 radical (unpaired) electrons. The fraction of sp³-hybridized carbons (Fsp3) is 0.273. The topological polar surface area (TPSA) is 25.2 Å². The molecule has 0 saturated carbocycles. The number of halogens is 3.